The van der Waals surface area contributed by atoms with Crippen molar-refractivity contribution in [1.82, 2.24) is 9.62 Å². The third-order valence-electron chi connectivity index (χ3n) is 5.06. The van der Waals surface area contributed by atoms with E-state index in [-0.39, 0.29) is 11.2 Å². The maximum atomic E-state index is 12.3. The lowest BCUT2D eigenvalue weighted by Crippen LogP contribution is -2.42. The monoisotopic (exact) mass is 365 g/mol. The van der Waals surface area contributed by atoms with E-state index in [0.29, 0.717) is 31.1 Å². The fourth-order valence-electron chi connectivity index (χ4n) is 3.21. The number of piperidine rings is 1. The molecule has 138 valence electrons. The molecule has 0 unspecified atom stereocenters. The zero-order chi connectivity index (χ0) is 18.0. The summed E-state index contributed by atoms with van der Waals surface area (Å²) in [6.45, 7) is 1.76. The zero-order valence-electron chi connectivity index (χ0n) is 14.9. The Labute approximate surface area is 150 Å². The van der Waals surface area contributed by atoms with Crippen molar-refractivity contribution in [3.05, 3.63) is 29.8 Å². The Balaban J connectivity index is 1.48. The molecule has 1 amide bonds. The first-order chi connectivity index (χ1) is 11.9. The van der Waals surface area contributed by atoms with Gasteiger partial charge < -0.3 is 10.2 Å². The lowest BCUT2D eigenvalue weighted by Gasteiger charge is -2.31. The van der Waals surface area contributed by atoms with Gasteiger partial charge >= 0.3 is 0 Å². The second kappa shape index (κ2) is 7.33. The number of carbonyl (C=O) groups is 1. The first-order valence-electron chi connectivity index (χ1n) is 8.92. The number of sulfonamides is 1. The fourth-order valence-corrected chi connectivity index (χ4v) is 5.08. The normalized spacial score (nSPS) is 19.6. The number of nitrogens with zero attached hydrogens (tertiary/aromatic N) is 2. The lowest BCUT2D eigenvalue weighted by atomic mass is 9.98. The number of benzene rings is 1. The highest BCUT2D eigenvalue weighted by atomic mass is 32.2. The molecule has 0 atom stereocenters. The summed E-state index contributed by atoms with van der Waals surface area (Å²) in [7, 11) is 0.832. The quantitative estimate of drug-likeness (QED) is 0.833. The van der Waals surface area contributed by atoms with E-state index in [0.717, 1.165) is 31.4 Å². The molecule has 0 aromatic heterocycles. The highest BCUT2D eigenvalue weighted by Gasteiger charge is 2.41. The van der Waals surface area contributed by atoms with Gasteiger partial charge in [0.2, 0.25) is 10.0 Å². The summed E-state index contributed by atoms with van der Waals surface area (Å²) in [6.07, 6.45) is 3.24. The van der Waals surface area contributed by atoms with E-state index in [9.17, 15) is 13.2 Å². The van der Waals surface area contributed by atoms with Crippen molar-refractivity contribution in [2.24, 2.45) is 5.92 Å². The Morgan fingerprint density at radius 1 is 1.20 bits per heavy atom. The summed E-state index contributed by atoms with van der Waals surface area (Å²) >= 11 is 0. The SMILES string of the molecule is CN(C)c1cccc(C(=O)NCC2CCN(S(=O)(=O)C3CC3)CC2)c1. The van der Waals surface area contributed by atoms with Crippen LogP contribution < -0.4 is 10.2 Å². The van der Waals surface area contributed by atoms with Crippen LogP contribution >= 0.6 is 0 Å². The largest absolute Gasteiger partial charge is 0.378 e. The van der Waals surface area contributed by atoms with E-state index in [1.165, 1.54) is 0 Å². The zero-order valence-corrected chi connectivity index (χ0v) is 15.8. The number of rotatable bonds is 6. The molecule has 0 spiro atoms. The maximum absolute atomic E-state index is 12.3. The third-order valence-corrected chi connectivity index (χ3v) is 7.45. The minimum absolute atomic E-state index is 0.0725. The molecule has 1 aliphatic heterocycles. The minimum Gasteiger partial charge on any atom is -0.378 e. The van der Waals surface area contributed by atoms with Gasteiger partial charge in [-0.15, -0.1) is 0 Å². The van der Waals surface area contributed by atoms with E-state index >= 15 is 0 Å². The summed E-state index contributed by atoms with van der Waals surface area (Å²) in [5.41, 5.74) is 1.64. The van der Waals surface area contributed by atoms with Gasteiger partial charge in [0, 0.05) is 45.0 Å². The van der Waals surface area contributed by atoms with Crippen molar-refractivity contribution in [2.75, 3.05) is 38.6 Å². The highest BCUT2D eigenvalue weighted by Crippen LogP contribution is 2.33. The molecule has 7 heteroatoms. The standard InChI is InChI=1S/C18H27N3O3S/c1-20(2)16-5-3-4-15(12-16)18(22)19-13-14-8-10-21(11-9-14)25(23,24)17-6-7-17/h3-5,12,14,17H,6-11,13H2,1-2H3,(H,19,22). The molecular weight excluding hydrogens is 338 g/mol. The summed E-state index contributed by atoms with van der Waals surface area (Å²) in [5.74, 6) is 0.267. The van der Waals surface area contributed by atoms with Crippen LogP contribution in [0.1, 0.15) is 36.0 Å². The molecule has 25 heavy (non-hydrogen) atoms. The average molecular weight is 365 g/mol. The Hall–Kier alpha value is -1.60. The van der Waals surface area contributed by atoms with Crippen molar-refractivity contribution >= 4 is 21.6 Å². The number of carbonyl (C=O) groups excluding carboxylic acids is 1. The first kappa shape index (κ1) is 18.2. The number of nitrogens with one attached hydrogen (secondary N) is 1. The molecule has 1 aromatic rings. The van der Waals surface area contributed by atoms with Crippen LogP contribution in [0.3, 0.4) is 0 Å². The molecule has 1 heterocycles. The fraction of sp³-hybridized carbons (Fsp3) is 0.611. The van der Waals surface area contributed by atoms with Crippen molar-refractivity contribution < 1.29 is 13.2 Å². The molecule has 1 saturated carbocycles. The van der Waals surface area contributed by atoms with E-state index in [1.807, 2.05) is 43.3 Å². The predicted molar refractivity (Wildman–Crippen MR) is 99.3 cm³/mol. The number of amides is 1. The van der Waals surface area contributed by atoms with Gasteiger partial charge in [0.25, 0.3) is 5.91 Å². The summed E-state index contributed by atoms with van der Waals surface area (Å²) in [4.78, 5) is 14.3. The molecule has 0 bridgehead atoms. The van der Waals surface area contributed by atoms with Crippen LogP contribution in [0.5, 0.6) is 0 Å². The van der Waals surface area contributed by atoms with Crippen molar-refractivity contribution in [3.63, 3.8) is 0 Å². The van der Waals surface area contributed by atoms with Crippen LogP contribution in [0.15, 0.2) is 24.3 Å². The second-order valence-corrected chi connectivity index (χ2v) is 9.45. The summed E-state index contributed by atoms with van der Waals surface area (Å²) in [5, 5.41) is 2.87. The predicted octanol–water partition coefficient (Wildman–Crippen LogP) is 1.69. The first-order valence-corrected chi connectivity index (χ1v) is 10.4. The van der Waals surface area contributed by atoms with Gasteiger partial charge in [0.15, 0.2) is 0 Å². The van der Waals surface area contributed by atoms with E-state index in [2.05, 4.69) is 5.32 Å². The van der Waals surface area contributed by atoms with Crippen LogP contribution in [0, 0.1) is 5.92 Å². The molecule has 1 aliphatic carbocycles. The number of hydrogen-bond acceptors (Lipinski definition) is 4. The van der Waals surface area contributed by atoms with E-state index in [4.69, 9.17) is 0 Å². The molecule has 6 nitrogen and oxygen atoms in total. The Morgan fingerprint density at radius 3 is 2.48 bits per heavy atom. The van der Waals surface area contributed by atoms with E-state index in [1.54, 1.807) is 4.31 Å². The van der Waals surface area contributed by atoms with Gasteiger partial charge in [-0.2, -0.15) is 0 Å². The summed E-state index contributed by atoms with van der Waals surface area (Å²) in [6, 6.07) is 7.53. The molecule has 0 radical (unpaired) electrons. The minimum atomic E-state index is -3.06. The van der Waals surface area contributed by atoms with Crippen LogP contribution in [-0.4, -0.2) is 57.6 Å². The topological polar surface area (TPSA) is 69.7 Å². The van der Waals surface area contributed by atoms with Crippen molar-refractivity contribution in [2.45, 2.75) is 30.9 Å². The number of anilines is 1. The molecule has 1 saturated heterocycles. The van der Waals surface area contributed by atoms with Crippen LogP contribution in [0.25, 0.3) is 0 Å². The molecule has 1 N–H and O–H groups in total. The Morgan fingerprint density at radius 2 is 1.88 bits per heavy atom. The van der Waals surface area contributed by atoms with Crippen LogP contribution in [0.2, 0.25) is 0 Å². The van der Waals surface area contributed by atoms with Crippen molar-refractivity contribution in [3.8, 4) is 0 Å². The Bertz CT molecular complexity index is 721. The number of hydrogen-bond donors (Lipinski definition) is 1. The molecule has 1 aromatic carbocycles. The summed E-state index contributed by atoms with van der Waals surface area (Å²) < 4.78 is 26.1. The van der Waals surface area contributed by atoms with Gasteiger partial charge in [-0.05, 0) is 49.8 Å². The Kier molecular flexibility index (Phi) is 5.34. The average Bonchev–Trinajstić information content (AvgIpc) is 3.46. The smallest absolute Gasteiger partial charge is 0.251 e. The van der Waals surface area contributed by atoms with Gasteiger partial charge in [0.05, 0.1) is 5.25 Å². The third kappa shape index (κ3) is 4.33. The van der Waals surface area contributed by atoms with Crippen LogP contribution in [0.4, 0.5) is 5.69 Å². The highest BCUT2D eigenvalue weighted by molar-refractivity contribution is 7.90. The molecular formula is C18H27N3O3S. The molecule has 2 aliphatic rings. The van der Waals surface area contributed by atoms with Crippen molar-refractivity contribution in [1.29, 1.82) is 0 Å². The van der Waals surface area contributed by atoms with Gasteiger partial charge in [-0.3, -0.25) is 4.79 Å². The van der Waals surface area contributed by atoms with Gasteiger partial charge in [-0.1, -0.05) is 6.07 Å². The van der Waals surface area contributed by atoms with E-state index < -0.39 is 10.0 Å². The maximum Gasteiger partial charge on any atom is 0.251 e. The molecule has 3 rings (SSSR count). The van der Waals surface area contributed by atoms with Gasteiger partial charge in [-0.25, -0.2) is 12.7 Å². The molecule has 2 fully saturated rings. The lowest BCUT2D eigenvalue weighted by molar-refractivity contribution is 0.0941. The second-order valence-electron chi connectivity index (χ2n) is 7.24. The van der Waals surface area contributed by atoms with Gasteiger partial charge in [0.1, 0.15) is 0 Å². The van der Waals surface area contributed by atoms with Crippen LogP contribution in [-0.2, 0) is 10.0 Å².